The van der Waals surface area contributed by atoms with Crippen LogP contribution in [-0.4, -0.2) is 26.0 Å². The molecule has 0 aromatic carbocycles. The summed E-state index contributed by atoms with van der Waals surface area (Å²) in [5.74, 6) is 0. The van der Waals surface area contributed by atoms with E-state index >= 15 is 0 Å². The van der Waals surface area contributed by atoms with Crippen LogP contribution in [-0.2, 0) is 9.47 Å². The van der Waals surface area contributed by atoms with Crippen molar-refractivity contribution in [1.29, 1.82) is 0 Å². The van der Waals surface area contributed by atoms with Crippen LogP contribution in [0.2, 0.25) is 0 Å². The fourth-order valence-corrected chi connectivity index (χ4v) is 0.380. The van der Waals surface area contributed by atoms with E-state index in [0.717, 1.165) is 21.0 Å². The second-order valence-electron chi connectivity index (χ2n) is 3.12. The highest BCUT2D eigenvalue weighted by Crippen LogP contribution is 2.37. The highest BCUT2D eigenvalue weighted by molar-refractivity contribution is 5.59. The number of methoxy groups -OCH3 is 1. The number of ether oxygens (including phenoxy) is 2. The zero-order chi connectivity index (χ0) is 10.7. The molecular formula is C7H11F3O3. The molecule has 0 aliphatic heterocycles. The molecule has 0 unspecified atom stereocenters. The van der Waals surface area contributed by atoms with Gasteiger partial charge in [-0.3, -0.25) is 0 Å². The molecule has 0 aliphatic carbocycles. The van der Waals surface area contributed by atoms with E-state index in [1.54, 1.807) is 0 Å². The summed E-state index contributed by atoms with van der Waals surface area (Å²) in [6, 6.07) is 0. The lowest BCUT2D eigenvalue weighted by Crippen LogP contribution is -2.37. The highest BCUT2D eigenvalue weighted by atomic mass is 19.4. The van der Waals surface area contributed by atoms with Gasteiger partial charge in [-0.05, 0) is 13.8 Å². The maximum absolute atomic E-state index is 12.2. The van der Waals surface area contributed by atoms with E-state index in [1.165, 1.54) is 0 Å². The van der Waals surface area contributed by atoms with Gasteiger partial charge in [0.2, 0.25) is 0 Å². The van der Waals surface area contributed by atoms with Crippen LogP contribution >= 0.6 is 0 Å². The highest BCUT2D eigenvalue weighted by Gasteiger charge is 2.48. The summed E-state index contributed by atoms with van der Waals surface area (Å²) in [5.41, 5.74) is -2.05. The molecule has 13 heavy (non-hydrogen) atoms. The van der Waals surface area contributed by atoms with Crippen LogP contribution in [0.25, 0.3) is 0 Å². The largest absolute Gasteiger partial charge is 0.508 e. The van der Waals surface area contributed by atoms with Gasteiger partial charge in [-0.15, -0.1) is 0 Å². The zero-order valence-corrected chi connectivity index (χ0v) is 7.57. The summed E-state index contributed by atoms with van der Waals surface area (Å²) in [7, 11) is 1.03. The standard InChI is InChI=1S/C7H11F3O3/c1-6(2,7(8,9)10)4-13-5(11)12-3/h4H2,1-3H3. The Morgan fingerprint density at radius 1 is 1.31 bits per heavy atom. The summed E-state index contributed by atoms with van der Waals surface area (Å²) in [6.07, 6.45) is -5.52. The molecule has 0 fully saturated rings. The molecule has 0 aliphatic rings. The molecule has 6 heteroatoms. The summed E-state index contributed by atoms with van der Waals surface area (Å²) in [6.45, 7) is 1.13. The van der Waals surface area contributed by atoms with Crippen molar-refractivity contribution in [2.45, 2.75) is 20.0 Å². The Kier molecular flexibility index (Phi) is 3.57. The molecule has 0 atom stereocenters. The fourth-order valence-electron chi connectivity index (χ4n) is 0.380. The van der Waals surface area contributed by atoms with Gasteiger partial charge in [-0.25, -0.2) is 4.79 Å². The summed E-state index contributed by atoms with van der Waals surface area (Å²) >= 11 is 0. The van der Waals surface area contributed by atoms with Crippen LogP contribution in [0, 0.1) is 5.41 Å². The summed E-state index contributed by atoms with van der Waals surface area (Å²) in [5, 5.41) is 0. The Labute approximate surface area is 73.8 Å². The maximum atomic E-state index is 12.2. The number of alkyl halides is 3. The lowest BCUT2D eigenvalue weighted by molar-refractivity contribution is -0.223. The molecule has 0 saturated carbocycles. The van der Waals surface area contributed by atoms with Gasteiger partial charge >= 0.3 is 12.3 Å². The van der Waals surface area contributed by atoms with Gasteiger partial charge in [0.05, 0.1) is 12.5 Å². The van der Waals surface area contributed by atoms with Gasteiger partial charge in [-0.2, -0.15) is 13.2 Å². The first-order valence-corrected chi connectivity index (χ1v) is 3.48. The normalized spacial score (nSPS) is 12.5. The van der Waals surface area contributed by atoms with E-state index in [-0.39, 0.29) is 0 Å². The topological polar surface area (TPSA) is 35.5 Å². The first-order valence-electron chi connectivity index (χ1n) is 3.48. The summed E-state index contributed by atoms with van der Waals surface area (Å²) in [4.78, 5) is 10.4. The first kappa shape index (κ1) is 12.1. The van der Waals surface area contributed by atoms with Gasteiger partial charge < -0.3 is 9.47 Å². The Morgan fingerprint density at radius 2 is 1.77 bits per heavy atom. The molecule has 3 nitrogen and oxygen atoms in total. The molecule has 0 aromatic heterocycles. The van der Waals surface area contributed by atoms with Crippen LogP contribution in [0.5, 0.6) is 0 Å². The Balaban J connectivity index is 4.12. The van der Waals surface area contributed by atoms with Crippen LogP contribution in [0.15, 0.2) is 0 Å². The number of halogens is 3. The SMILES string of the molecule is COC(=O)OCC(C)(C)C(F)(F)F. The van der Waals surface area contributed by atoms with Gasteiger partial charge in [0.25, 0.3) is 0 Å². The number of rotatable bonds is 2. The van der Waals surface area contributed by atoms with Crippen molar-refractivity contribution < 1.29 is 27.4 Å². The monoisotopic (exact) mass is 200 g/mol. The van der Waals surface area contributed by atoms with E-state index in [2.05, 4.69) is 9.47 Å². The van der Waals surface area contributed by atoms with Gasteiger partial charge in [0.1, 0.15) is 6.61 Å². The minimum Gasteiger partial charge on any atom is -0.438 e. The van der Waals surface area contributed by atoms with Gasteiger partial charge in [0.15, 0.2) is 0 Å². The lowest BCUT2D eigenvalue weighted by atomic mass is 9.94. The number of hydrogen-bond donors (Lipinski definition) is 0. The molecule has 0 spiro atoms. The van der Waals surface area contributed by atoms with Gasteiger partial charge in [0, 0.05) is 0 Å². The number of hydrogen-bond acceptors (Lipinski definition) is 3. The lowest BCUT2D eigenvalue weighted by Gasteiger charge is -2.26. The Bertz CT molecular complexity index is 186. The second kappa shape index (κ2) is 3.85. The smallest absolute Gasteiger partial charge is 0.438 e. The van der Waals surface area contributed by atoms with Gasteiger partial charge in [-0.1, -0.05) is 0 Å². The molecule has 0 N–H and O–H groups in total. The van der Waals surface area contributed by atoms with E-state index in [0.29, 0.717) is 0 Å². The predicted molar refractivity (Wildman–Crippen MR) is 38.2 cm³/mol. The maximum Gasteiger partial charge on any atom is 0.508 e. The average Bonchev–Trinajstić information content (AvgIpc) is 1.98. The molecule has 0 bridgehead atoms. The third-order valence-electron chi connectivity index (χ3n) is 1.48. The summed E-state index contributed by atoms with van der Waals surface area (Å²) < 4.78 is 44.7. The van der Waals surface area contributed by atoms with Crippen LogP contribution in [0.3, 0.4) is 0 Å². The molecule has 0 radical (unpaired) electrons. The first-order chi connectivity index (χ1) is 5.70. The van der Waals surface area contributed by atoms with Crippen LogP contribution in [0.1, 0.15) is 13.8 Å². The van der Waals surface area contributed by atoms with Crippen molar-refractivity contribution in [2.75, 3.05) is 13.7 Å². The molecule has 78 valence electrons. The van der Waals surface area contributed by atoms with Crippen molar-refractivity contribution in [3.05, 3.63) is 0 Å². The van der Waals surface area contributed by atoms with Crippen LogP contribution in [0.4, 0.5) is 18.0 Å². The molecular weight excluding hydrogens is 189 g/mol. The van der Waals surface area contributed by atoms with Crippen molar-refractivity contribution >= 4 is 6.16 Å². The number of carbonyl (C=O) groups excluding carboxylic acids is 1. The Morgan fingerprint density at radius 3 is 2.08 bits per heavy atom. The van der Waals surface area contributed by atoms with E-state index in [9.17, 15) is 18.0 Å². The minimum atomic E-state index is -4.40. The predicted octanol–water partition coefficient (Wildman–Crippen LogP) is 2.36. The third kappa shape index (κ3) is 3.52. The van der Waals surface area contributed by atoms with Crippen LogP contribution < -0.4 is 0 Å². The van der Waals surface area contributed by atoms with E-state index in [1.807, 2.05) is 0 Å². The molecule has 0 rings (SSSR count). The van der Waals surface area contributed by atoms with Crippen molar-refractivity contribution in [3.63, 3.8) is 0 Å². The quantitative estimate of drug-likeness (QED) is 0.642. The molecule has 0 amide bonds. The third-order valence-corrected chi connectivity index (χ3v) is 1.48. The average molecular weight is 200 g/mol. The van der Waals surface area contributed by atoms with E-state index < -0.39 is 24.4 Å². The van der Waals surface area contributed by atoms with Crippen molar-refractivity contribution in [3.8, 4) is 0 Å². The minimum absolute atomic E-state index is 0.747. The molecule has 0 aromatic rings. The van der Waals surface area contributed by atoms with Crippen molar-refractivity contribution in [1.82, 2.24) is 0 Å². The molecule has 0 heterocycles. The van der Waals surface area contributed by atoms with E-state index in [4.69, 9.17) is 0 Å². The van der Waals surface area contributed by atoms with Crippen molar-refractivity contribution in [2.24, 2.45) is 5.41 Å². The zero-order valence-electron chi connectivity index (χ0n) is 7.57. The fraction of sp³-hybridized carbons (Fsp3) is 0.857. The molecule has 0 saturated heterocycles. The second-order valence-corrected chi connectivity index (χ2v) is 3.12. The Hall–Kier alpha value is -0.940. The number of carbonyl (C=O) groups is 1.